The van der Waals surface area contributed by atoms with Crippen LogP contribution in [0.1, 0.15) is 29.7 Å². The highest BCUT2D eigenvalue weighted by Gasteiger charge is 2.16. The van der Waals surface area contributed by atoms with Crippen molar-refractivity contribution in [3.63, 3.8) is 0 Å². The van der Waals surface area contributed by atoms with Gasteiger partial charge in [0.05, 0.1) is 0 Å². The molecule has 23 heavy (non-hydrogen) atoms. The van der Waals surface area contributed by atoms with Crippen LogP contribution >= 0.6 is 11.8 Å². The number of benzene rings is 1. The number of para-hydroxylation sites is 2. The zero-order valence-corrected chi connectivity index (χ0v) is 13.9. The molecule has 0 fully saturated rings. The van der Waals surface area contributed by atoms with Gasteiger partial charge in [-0.15, -0.1) is 0 Å². The molecule has 1 aromatic carbocycles. The van der Waals surface area contributed by atoms with Gasteiger partial charge in [-0.25, -0.2) is 4.98 Å². The van der Waals surface area contributed by atoms with Crippen LogP contribution in [0.5, 0.6) is 0 Å². The number of rotatable bonds is 3. The Morgan fingerprint density at radius 3 is 2.96 bits per heavy atom. The average molecular weight is 326 g/mol. The van der Waals surface area contributed by atoms with Crippen LogP contribution in [-0.2, 0) is 25.6 Å². The van der Waals surface area contributed by atoms with Gasteiger partial charge in [-0.3, -0.25) is 4.79 Å². The number of hydrogen-bond donors (Lipinski definition) is 0. The van der Waals surface area contributed by atoms with Crippen LogP contribution in [0.3, 0.4) is 0 Å². The Morgan fingerprint density at radius 2 is 2.09 bits per heavy atom. The number of pyridine rings is 1. The Kier molecular flexibility index (Phi) is 3.73. The Bertz CT molecular complexity index is 893. The minimum Gasteiger partial charge on any atom is -0.431 e. The van der Waals surface area contributed by atoms with E-state index in [1.165, 1.54) is 35.9 Å². The first-order valence-electron chi connectivity index (χ1n) is 7.91. The predicted octanol–water partition coefficient (Wildman–Crippen LogP) is 3.70. The molecule has 0 saturated carbocycles. The van der Waals surface area contributed by atoms with Crippen molar-refractivity contribution in [2.24, 2.45) is 7.05 Å². The maximum atomic E-state index is 12.5. The number of hydrogen-bond acceptors (Lipinski definition) is 4. The predicted molar refractivity (Wildman–Crippen MR) is 91.9 cm³/mol. The first-order valence-corrected chi connectivity index (χ1v) is 8.90. The number of nitrogens with zero attached hydrogens (tertiary/aromatic N) is 2. The van der Waals surface area contributed by atoms with Crippen LogP contribution in [-0.4, -0.2) is 9.55 Å². The van der Waals surface area contributed by atoms with Gasteiger partial charge in [0.2, 0.25) is 0 Å². The summed E-state index contributed by atoms with van der Waals surface area (Å²) in [7, 11) is 1.89. The molecule has 4 nitrogen and oxygen atoms in total. The van der Waals surface area contributed by atoms with E-state index >= 15 is 0 Å². The number of aryl methyl sites for hydroxylation is 1. The third-order valence-corrected chi connectivity index (χ3v) is 5.32. The number of fused-ring (bicyclic) bond motifs is 2. The minimum absolute atomic E-state index is 0.106. The standard InChI is InChI=1S/C18H18N2O2S/c1-20-15-8-4-2-6-12(15)10-13(17(20)21)11-23-18-19-14-7-3-5-9-16(14)22-18/h3,5,7,9-10H,2,4,6,8,11H2,1H3. The fourth-order valence-electron chi connectivity index (χ4n) is 3.22. The number of thioether (sulfide) groups is 1. The molecule has 0 N–H and O–H groups in total. The van der Waals surface area contributed by atoms with E-state index in [1.54, 1.807) is 0 Å². The highest BCUT2D eigenvalue weighted by molar-refractivity contribution is 7.98. The van der Waals surface area contributed by atoms with Gasteiger partial charge in [-0.2, -0.15) is 0 Å². The van der Waals surface area contributed by atoms with E-state index in [2.05, 4.69) is 11.1 Å². The SMILES string of the molecule is Cn1c2c(cc(CSc3nc4ccccc4o3)c1=O)CCCC2. The number of oxazole rings is 1. The zero-order valence-electron chi connectivity index (χ0n) is 13.0. The van der Waals surface area contributed by atoms with E-state index in [0.717, 1.165) is 29.5 Å². The maximum Gasteiger partial charge on any atom is 0.257 e. The van der Waals surface area contributed by atoms with E-state index < -0.39 is 0 Å². The molecule has 0 bridgehead atoms. The molecule has 1 aliphatic rings. The summed E-state index contributed by atoms with van der Waals surface area (Å²) in [6, 6.07) is 9.80. The zero-order chi connectivity index (χ0) is 15.8. The lowest BCUT2D eigenvalue weighted by Crippen LogP contribution is -2.26. The van der Waals surface area contributed by atoms with Gasteiger partial charge in [-0.05, 0) is 49.4 Å². The van der Waals surface area contributed by atoms with Crippen molar-refractivity contribution in [2.75, 3.05) is 0 Å². The second-order valence-electron chi connectivity index (χ2n) is 5.95. The van der Waals surface area contributed by atoms with E-state index in [0.29, 0.717) is 11.0 Å². The van der Waals surface area contributed by atoms with Crippen LogP contribution in [0, 0.1) is 0 Å². The topological polar surface area (TPSA) is 48.0 Å². The summed E-state index contributed by atoms with van der Waals surface area (Å²) in [4.78, 5) is 17.0. The Balaban J connectivity index is 1.61. The van der Waals surface area contributed by atoms with Gasteiger partial charge in [0.25, 0.3) is 10.8 Å². The summed E-state index contributed by atoms with van der Waals surface area (Å²) < 4.78 is 7.55. The minimum atomic E-state index is 0.106. The molecule has 0 aliphatic heterocycles. The van der Waals surface area contributed by atoms with E-state index in [-0.39, 0.29) is 5.56 Å². The summed E-state index contributed by atoms with van der Waals surface area (Å²) in [6.07, 6.45) is 4.48. The van der Waals surface area contributed by atoms with Crippen LogP contribution in [0.25, 0.3) is 11.1 Å². The number of aromatic nitrogens is 2. The summed E-state index contributed by atoms with van der Waals surface area (Å²) in [5, 5.41) is 0.617. The largest absolute Gasteiger partial charge is 0.431 e. The highest BCUT2D eigenvalue weighted by atomic mass is 32.2. The summed E-state index contributed by atoms with van der Waals surface area (Å²) in [5.41, 5.74) is 5.11. The molecule has 2 heterocycles. The molecule has 0 atom stereocenters. The van der Waals surface area contributed by atoms with Gasteiger partial charge in [0.1, 0.15) is 5.52 Å². The normalized spacial score (nSPS) is 14.1. The Morgan fingerprint density at radius 1 is 1.26 bits per heavy atom. The van der Waals surface area contributed by atoms with E-state index in [1.807, 2.05) is 35.9 Å². The Hall–Kier alpha value is -2.01. The summed E-state index contributed by atoms with van der Waals surface area (Å²) in [6.45, 7) is 0. The van der Waals surface area contributed by atoms with Crippen molar-refractivity contribution in [1.82, 2.24) is 9.55 Å². The van der Waals surface area contributed by atoms with Crippen LogP contribution in [0.4, 0.5) is 0 Å². The lowest BCUT2D eigenvalue weighted by atomic mass is 9.95. The molecule has 118 valence electrons. The maximum absolute atomic E-state index is 12.5. The molecule has 3 aromatic rings. The molecular weight excluding hydrogens is 308 g/mol. The van der Waals surface area contributed by atoms with Crippen molar-refractivity contribution >= 4 is 22.9 Å². The molecule has 1 aliphatic carbocycles. The van der Waals surface area contributed by atoms with Crippen LogP contribution in [0.2, 0.25) is 0 Å². The van der Waals surface area contributed by atoms with Gasteiger partial charge in [0.15, 0.2) is 5.58 Å². The molecule has 0 spiro atoms. The fourth-order valence-corrected chi connectivity index (χ4v) is 4.01. The first-order chi connectivity index (χ1) is 11.2. The second-order valence-corrected chi connectivity index (χ2v) is 6.88. The van der Waals surface area contributed by atoms with Crippen molar-refractivity contribution in [2.45, 2.75) is 36.7 Å². The van der Waals surface area contributed by atoms with E-state index in [9.17, 15) is 4.79 Å². The van der Waals surface area contributed by atoms with Gasteiger partial charge in [0, 0.05) is 24.1 Å². The van der Waals surface area contributed by atoms with Gasteiger partial charge in [-0.1, -0.05) is 23.9 Å². The fraction of sp³-hybridized carbons (Fsp3) is 0.333. The molecule has 0 radical (unpaired) electrons. The van der Waals surface area contributed by atoms with E-state index in [4.69, 9.17) is 4.42 Å². The second kappa shape index (κ2) is 5.89. The molecule has 5 heteroatoms. The first kappa shape index (κ1) is 14.6. The third-order valence-electron chi connectivity index (χ3n) is 4.44. The summed E-state index contributed by atoms with van der Waals surface area (Å²) >= 11 is 1.48. The molecular formula is C18H18N2O2S. The highest BCUT2D eigenvalue weighted by Crippen LogP contribution is 2.27. The van der Waals surface area contributed by atoms with Crippen molar-refractivity contribution in [1.29, 1.82) is 0 Å². The van der Waals surface area contributed by atoms with Crippen molar-refractivity contribution in [3.05, 3.63) is 57.5 Å². The van der Waals surface area contributed by atoms with Crippen LogP contribution in [0.15, 0.2) is 44.8 Å². The molecule has 4 rings (SSSR count). The molecule has 0 saturated heterocycles. The molecule has 2 aromatic heterocycles. The van der Waals surface area contributed by atoms with Crippen LogP contribution < -0.4 is 5.56 Å². The third kappa shape index (κ3) is 2.70. The van der Waals surface area contributed by atoms with Crippen molar-refractivity contribution < 1.29 is 4.42 Å². The quantitative estimate of drug-likeness (QED) is 0.689. The summed E-state index contributed by atoms with van der Waals surface area (Å²) in [5.74, 6) is 0.590. The lowest BCUT2D eigenvalue weighted by molar-refractivity contribution is 0.489. The average Bonchev–Trinajstić information content (AvgIpc) is 3.00. The van der Waals surface area contributed by atoms with Crippen molar-refractivity contribution in [3.8, 4) is 0 Å². The van der Waals surface area contributed by atoms with Gasteiger partial charge < -0.3 is 8.98 Å². The smallest absolute Gasteiger partial charge is 0.257 e. The lowest BCUT2D eigenvalue weighted by Gasteiger charge is -2.20. The van der Waals surface area contributed by atoms with Gasteiger partial charge >= 0.3 is 0 Å². The Labute approximate surface area is 138 Å². The molecule has 0 amide bonds. The molecule has 0 unspecified atom stereocenters. The monoisotopic (exact) mass is 326 g/mol.